The fourth-order valence-corrected chi connectivity index (χ4v) is 2.48. The lowest BCUT2D eigenvalue weighted by Gasteiger charge is -2.28. The Balaban J connectivity index is 2.30. The van der Waals surface area contributed by atoms with Gasteiger partial charge in [0.2, 0.25) is 0 Å². The maximum absolute atomic E-state index is 11.4. The van der Waals surface area contributed by atoms with Gasteiger partial charge in [0.25, 0.3) is 0 Å². The predicted octanol–water partition coefficient (Wildman–Crippen LogP) is -1.46. The Labute approximate surface area is 137 Å². The normalized spacial score (nSPS) is 18.1. The van der Waals surface area contributed by atoms with Crippen LogP contribution < -0.4 is 11.4 Å². The average molecular weight is 339 g/mol. The summed E-state index contributed by atoms with van der Waals surface area (Å²) in [5.74, 6) is 0. The molecule has 0 aliphatic rings. The van der Waals surface area contributed by atoms with E-state index in [0.717, 1.165) is 0 Å². The Morgan fingerprint density at radius 3 is 2.33 bits per heavy atom. The van der Waals surface area contributed by atoms with E-state index in [-0.39, 0.29) is 17.7 Å². The summed E-state index contributed by atoms with van der Waals surface area (Å²) in [4.78, 5) is 11.4. The van der Waals surface area contributed by atoms with Crippen LogP contribution in [0, 0.1) is 6.92 Å². The number of aryl methyl sites for hydroxylation is 1. The van der Waals surface area contributed by atoms with Gasteiger partial charge in [-0.2, -0.15) is 0 Å². The summed E-state index contributed by atoms with van der Waals surface area (Å²) < 4.78 is 5.06. The molecule has 0 amide bonds. The zero-order chi connectivity index (χ0) is 18.0. The number of rotatable bonds is 6. The molecule has 24 heavy (non-hydrogen) atoms. The molecule has 8 nitrogen and oxygen atoms in total. The molecule has 0 spiro atoms. The van der Waals surface area contributed by atoms with Crippen molar-refractivity contribution < 1.29 is 29.9 Å². The van der Waals surface area contributed by atoms with E-state index in [1.54, 1.807) is 13.0 Å². The Bertz CT molecular complexity index is 760. The van der Waals surface area contributed by atoms with E-state index in [4.69, 9.17) is 10.2 Å². The van der Waals surface area contributed by atoms with Crippen LogP contribution in [0.25, 0.3) is 11.0 Å². The van der Waals surface area contributed by atoms with E-state index in [1.165, 1.54) is 18.2 Å². The number of aliphatic hydroxyl groups excluding tert-OH is 5. The maximum Gasteiger partial charge on any atom is 0.336 e. The second-order valence-electron chi connectivity index (χ2n) is 5.72. The Morgan fingerprint density at radius 1 is 1.04 bits per heavy atom. The van der Waals surface area contributed by atoms with Crippen molar-refractivity contribution in [2.45, 2.75) is 37.4 Å². The van der Waals surface area contributed by atoms with Gasteiger partial charge in [0.1, 0.15) is 30.0 Å². The summed E-state index contributed by atoms with van der Waals surface area (Å²) >= 11 is 0. The molecule has 2 aromatic rings. The first-order valence-electron chi connectivity index (χ1n) is 7.41. The molecule has 7 N–H and O–H groups in total. The summed E-state index contributed by atoms with van der Waals surface area (Å²) in [6.07, 6.45) is -8.34. The monoisotopic (exact) mass is 339 g/mol. The summed E-state index contributed by atoms with van der Waals surface area (Å²) in [5.41, 5.74) is 5.73. The van der Waals surface area contributed by atoms with Crippen molar-refractivity contribution in [2.24, 2.45) is 5.73 Å². The van der Waals surface area contributed by atoms with Crippen molar-refractivity contribution in [3.63, 3.8) is 0 Å². The molecule has 1 heterocycles. The molecule has 0 aliphatic carbocycles. The lowest BCUT2D eigenvalue weighted by atomic mass is 9.94. The van der Waals surface area contributed by atoms with E-state index >= 15 is 0 Å². The van der Waals surface area contributed by atoms with Crippen LogP contribution in [0.3, 0.4) is 0 Å². The van der Waals surface area contributed by atoms with Crippen molar-refractivity contribution in [3.8, 4) is 0 Å². The summed E-state index contributed by atoms with van der Waals surface area (Å²) in [6, 6.07) is 5.82. The Hall–Kier alpha value is -1.81. The lowest BCUT2D eigenvalue weighted by Crippen LogP contribution is -2.48. The van der Waals surface area contributed by atoms with Crippen molar-refractivity contribution in [2.75, 3.05) is 6.54 Å². The number of benzene rings is 1. The largest absolute Gasteiger partial charge is 0.423 e. The van der Waals surface area contributed by atoms with Crippen LogP contribution in [0.15, 0.2) is 33.5 Å². The number of hydrogen-bond donors (Lipinski definition) is 6. The Morgan fingerprint density at radius 2 is 1.71 bits per heavy atom. The van der Waals surface area contributed by atoms with Crippen LogP contribution in [0.2, 0.25) is 0 Å². The average Bonchev–Trinajstić information content (AvgIpc) is 2.57. The molecule has 0 saturated carbocycles. The quantitative estimate of drug-likeness (QED) is 0.348. The van der Waals surface area contributed by atoms with Gasteiger partial charge >= 0.3 is 5.63 Å². The predicted molar refractivity (Wildman–Crippen MR) is 85.3 cm³/mol. The van der Waals surface area contributed by atoms with Crippen LogP contribution in [0.1, 0.15) is 17.2 Å². The van der Waals surface area contributed by atoms with Crippen molar-refractivity contribution in [1.29, 1.82) is 0 Å². The van der Waals surface area contributed by atoms with Gasteiger partial charge < -0.3 is 35.7 Å². The van der Waals surface area contributed by atoms with E-state index in [1.807, 2.05) is 0 Å². The highest BCUT2D eigenvalue weighted by molar-refractivity contribution is 5.80. The van der Waals surface area contributed by atoms with Crippen molar-refractivity contribution in [1.82, 2.24) is 0 Å². The number of hydrogen-bond acceptors (Lipinski definition) is 8. The molecule has 0 fully saturated rings. The highest BCUT2D eigenvalue weighted by atomic mass is 16.4. The van der Waals surface area contributed by atoms with Crippen LogP contribution >= 0.6 is 0 Å². The summed E-state index contributed by atoms with van der Waals surface area (Å²) in [5, 5.41) is 49.9. The topological polar surface area (TPSA) is 157 Å². The Kier molecular flexibility index (Phi) is 5.70. The van der Waals surface area contributed by atoms with Crippen LogP contribution in [0.5, 0.6) is 0 Å². The molecule has 8 heteroatoms. The second-order valence-corrected chi connectivity index (χ2v) is 5.72. The van der Waals surface area contributed by atoms with Gasteiger partial charge in [-0.1, -0.05) is 12.1 Å². The first-order chi connectivity index (χ1) is 11.3. The second kappa shape index (κ2) is 7.39. The standard InChI is InChI=1S/C16H21NO7/c1-7-4-12(19)24-11-5-8(2-3-9(7)11)13(20)15(22)16(23)14(21)10(18)6-17/h2-5,10,13-16,18,20-23H,6,17H2,1H3. The van der Waals surface area contributed by atoms with Crippen LogP contribution in [-0.4, -0.2) is 56.5 Å². The molecule has 0 radical (unpaired) electrons. The number of aliphatic hydroxyl groups is 5. The van der Waals surface area contributed by atoms with Gasteiger partial charge in [-0.25, -0.2) is 4.79 Å². The molecule has 0 aliphatic heterocycles. The van der Waals surface area contributed by atoms with E-state index < -0.39 is 36.1 Å². The van der Waals surface area contributed by atoms with E-state index in [9.17, 15) is 30.3 Å². The molecule has 2 rings (SSSR count). The number of fused-ring (bicyclic) bond motifs is 1. The SMILES string of the molecule is Cc1cc(=O)oc2cc(C(O)C(O)C(O)C(O)C(O)CN)ccc12. The van der Waals surface area contributed by atoms with Crippen LogP contribution in [-0.2, 0) is 0 Å². The van der Waals surface area contributed by atoms with E-state index in [2.05, 4.69) is 0 Å². The van der Waals surface area contributed by atoms with Crippen LogP contribution in [0.4, 0.5) is 0 Å². The minimum absolute atomic E-state index is 0.178. The molecule has 132 valence electrons. The highest BCUT2D eigenvalue weighted by Gasteiger charge is 2.34. The third kappa shape index (κ3) is 3.64. The van der Waals surface area contributed by atoms with Gasteiger partial charge in [-0.3, -0.25) is 0 Å². The smallest absolute Gasteiger partial charge is 0.336 e. The molecular weight excluding hydrogens is 318 g/mol. The van der Waals surface area contributed by atoms with Gasteiger partial charge in [0, 0.05) is 18.0 Å². The molecule has 0 saturated heterocycles. The minimum atomic E-state index is -1.82. The first-order valence-corrected chi connectivity index (χ1v) is 7.41. The highest BCUT2D eigenvalue weighted by Crippen LogP contribution is 2.25. The molecule has 5 atom stereocenters. The van der Waals surface area contributed by atoms with Gasteiger partial charge in [0.15, 0.2) is 0 Å². The zero-order valence-corrected chi connectivity index (χ0v) is 13.0. The molecular formula is C16H21NO7. The fraction of sp³-hybridized carbons (Fsp3) is 0.438. The van der Waals surface area contributed by atoms with Gasteiger partial charge in [-0.15, -0.1) is 0 Å². The summed E-state index contributed by atoms with van der Waals surface area (Å²) in [6.45, 7) is 1.42. The zero-order valence-electron chi connectivity index (χ0n) is 13.0. The molecule has 0 bridgehead atoms. The summed E-state index contributed by atoms with van der Waals surface area (Å²) in [7, 11) is 0. The molecule has 1 aromatic heterocycles. The van der Waals surface area contributed by atoms with Gasteiger partial charge in [0.05, 0.1) is 6.10 Å². The van der Waals surface area contributed by atoms with Gasteiger partial charge in [-0.05, 0) is 24.1 Å². The van der Waals surface area contributed by atoms with E-state index in [0.29, 0.717) is 10.9 Å². The number of nitrogens with two attached hydrogens (primary N) is 1. The molecule has 5 unspecified atom stereocenters. The third-order valence-corrected chi connectivity index (χ3v) is 3.98. The fourth-order valence-electron chi connectivity index (χ4n) is 2.48. The maximum atomic E-state index is 11.4. The molecule has 1 aromatic carbocycles. The minimum Gasteiger partial charge on any atom is -0.423 e. The van der Waals surface area contributed by atoms with Crippen molar-refractivity contribution >= 4 is 11.0 Å². The lowest BCUT2D eigenvalue weighted by molar-refractivity contribution is -0.133. The third-order valence-electron chi connectivity index (χ3n) is 3.98. The first kappa shape index (κ1) is 18.5. The van der Waals surface area contributed by atoms with Crippen molar-refractivity contribution in [3.05, 3.63) is 45.8 Å².